The highest BCUT2D eigenvalue weighted by Gasteiger charge is 2.05. The smallest absolute Gasteiger partial charge is 0.0846 e. The lowest BCUT2D eigenvalue weighted by molar-refractivity contribution is 0.599. The van der Waals surface area contributed by atoms with Gasteiger partial charge in [-0.2, -0.15) is 5.10 Å². The third kappa shape index (κ3) is 2.41. The minimum atomic E-state index is 0.573. The first-order valence-electron chi connectivity index (χ1n) is 5.13. The molecule has 2 rings (SSSR count). The highest BCUT2D eigenvalue weighted by Crippen LogP contribution is 2.04. The van der Waals surface area contributed by atoms with E-state index in [1.54, 1.807) is 4.68 Å². The Balaban J connectivity index is 2.11. The van der Waals surface area contributed by atoms with Crippen molar-refractivity contribution in [3.63, 3.8) is 0 Å². The van der Waals surface area contributed by atoms with Gasteiger partial charge in [0.2, 0.25) is 0 Å². The van der Waals surface area contributed by atoms with Crippen molar-refractivity contribution in [2.45, 2.75) is 19.9 Å². The Labute approximate surface area is 99.0 Å². The molecular weight excluding hydrogens is 226 g/mol. The van der Waals surface area contributed by atoms with Crippen molar-refractivity contribution in [3.8, 4) is 0 Å². The number of aryl methyl sites for hydroxylation is 3. The van der Waals surface area contributed by atoms with E-state index in [1.807, 2.05) is 30.9 Å². The van der Waals surface area contributed by atoms with Crippen molar-refractivity contribution in [1.82, 2.24) is 24.8 Å². The van der Waals surface area contributed by atoms with Crippen LogP contribution in [0.4, 0.5) is 0 Å². The summed E-state index contributed by atoms with van der Waals surface area (Å²) < 4.78 is 3.66. The molecule has 16 heavy (non-hydrogen) atoms. The molecule has 6 heteroatoms. The Hall–Kier alpha value is -1.36. The molecule has 0 unspecified atom stereocenters. The predicted molar refractivity (Wildman–Crippen MR) is 61.5 cm³/mol. The number of nitrogens with zero attached hydrogens (tertiary/aromatic N) is 5. The highest BCUT2D eigenvalue weighted by molar-refractivity contribution is 6.17. The van der Waals surface area contributed by atoms with Crippen LogP contribution >= 0.6 is 11.6 Å². The largest absolute Gasteiger partial charge is 0.270 e. The number of hydrogen-bond acceptors (Lipinski definition) is 3. The fraction of sp³-hybridized carbons (Fsp3) is 0.500. The van der Waals surface area contributed by atoms with Crippen molar-refractivity contribution < 1.29 is 0 Å². The van der Waals surface area contributed by atoms with E-state index in [0.29, 0.717) is 12.4 Å². The molecule has 0 saturated heterocycles. The molecule has 2 aromatic heterocycles. The number of hydrogen-bond donors (Lipinski definition) is 0. The van der Waals surface area contributed by atoms with Crippen molar-refractivity contribution in [3.05, 3.63) is 29.3 Å². The van der Waals surface area contributed by atoms with E-state index < -0.39 is 0 Å². The lowest BCUT2D eigenvalue weighted by atomic mass is 10.3. The van der Waals surface area contributed by atoms with Crippen LogP contribution < -0.4 is 0 Å². The molecule has 0 radical (unpaired) electrons. The predicted octanol–water partition coefficient (Wildman–Crippen LogP) is 1.15. The molecule has 0 fully saturated rings. The van der Waals surface area contributed by atoms with Gasteiger partial charge in [0.15, 0.2) is 0 Å². The van der Waals surface area contributed by atoms with E-state index in [2.05, 4.69) is 15.4 Å². The van der Waals surface area contributed by atoms with Gasteiger partial charge >= 0.3 is 0 Å². The molecule has 0 amide bonds. The first-order valence-corrected chi connectivity index (χ1v) is 5.67. The summed E-state index contributed by atoms with van der Waals surface area (Å²) in [7, 11) is 1.93. The zero-order chi connectivity index (χ0) is 11.5. The van der Waals surface area contributed by atoms with Gasteiger partial charge in [-0.25, -0.2) is 4.68 Å². The van der Waals surface area contributed by atoms with Crippen molar-refractivity contribution in [2.24, 2.45) is 7.05 Å². The molecule has 0 saturated carbocycles. The number of rotatable bonds is 4. The Kier molecular flexibility index (Phi) is 3.24. The minimum Gasteiger partial charge on any atom is -0.270 e. The van der Waals surface area contributed by atoms with E-state index in [-0.39, 0.29) is 0 Å². The zero-order valence-electron chi connectivity index (χ0n) is 9.39. The van der Waals surface area contributed by atoms with Crippen LogP contribution in [0.25, 0.3) is 0 Å². The van der Waals surface area contributed by atoms with E-state index in [9.17, 15) is 0 Å². The molecule has 2 heterocycles. The Morgan fingerprint density at radius 2 is 2.25 bits per heavy atom. The van der Waals surface area contributed by atoms with E-state index in [0.717, 1.165) is 23.5 Å². The van der Waals surface area contributed by atoms with Crippen molar-refractivity contribution in [1.29, 1.82) is 0 Å². The molecule has 0 bridgehead atoms. The second-order valence-electron chi connectivity index (χ2n) is 3.75. The molecule has 0 spiro atoms. The standard InChI is InChI=1S/C10H14ClN5/c1-8-5-10(15(2)13-8)7-16-6-9(3-4-11)12-14-16/h5-6H,3-4,7H2,1-2H3. The summed E-state index contributed by atoms with van der Waals surface area (Å²) >= 11 is 5.64. The van der Waals surface area contributed by atoms with E-state index >= 15 is 0 Å². The molecule has 0 aliphatic carbocycles. The van der Waals surface area contributed by atoms with Gasteiger partial charge in [-0.3, -0.25) is 4.68 Å². The van der Waals surface area contributed by atoms with Crippen molar-refractivity contribution in [2.75, 3.05) is 5.88 Å². The van der Waals surface area contributed by atoms with Crippen LogP contribution in [0.15, 0.2) is 12.3 Å². The summed E-state index contributed by atoms with van der Waals surface area (Å²) in [6.45, 7) is 2.66. The third-order valence-corrected chi connectivity index (χ3v) is 2.55. The number of alkyl halides is 1. The summed E-state index contributed by atoms with van der Waals surface area (Å²) in [4.78, 5) is 0. The number of aromatic nitrogens is 5. The van der Waals surface area contributed by atoms with Gasteiger partial charge in [-0.05, 0) is 13.0 Å². The van der Waals surface area contributed by atoms with Crippen LogP contribution in [-0.4, -0.2) is 30.7 Å². The average molecular weight is 240 g/mol. The van der Waals surface area contributed by atoms with Gasteiger partial charge < -0.3 is 0 Å². The lowest BCUT2D eigenvalue weighted by Gasteiger charge is -2.00. The number of halogens is 1. The summed E-state index contributed by atoms with van der Waals surface area (Å²) in [5.74, 6) is 0.573. The first kappa shape index (κ1) is 11.1. The highest BCUT2D eigenvalue weighted by atomic mass is 35.5. The second kappa shape index (κ2) is 4.65. The van der Waals surface area contributed by atoms with Gasteiger partial charge in [-0.15, -0.1) is 16.7 Å². The molecule has 86 valence electrons. The van der Waals surface area contributed by atoms with Crippen molar-refractivity contribution >= 4 is 11.6 Å². The van der Waals surface area contributed by atoms with Gasteiger partial charge in [0, 0.05) is 25.5 Å². The maximum absolute atomic E-state index is 5.64. The normalized spacial score (nSPS) is 10.9. The van der Waals surface area contributed by atoms with Crippen LogP contribution in [0.1, 0.15) is 17.1 Å². The SMILES string of the molecule is Cc1cc(Cn2cc(CCCl)nn2)n(C)n1. The van der Waals surface area contributed by atoms with E-state index in [4.69, 9.17) is 11.6 Å². The van der Waals surface area contributed by atoms with Gasteiger partial charge in [-0.1, -0.05) is 5.21 Å². The van der Waals surface area contributed by atoms with Crippen LogP contribution in [-0.2, 0) is 20.0 Å². The molecule has 2 aromatic rings. The Bertz CT molecular complexity index is 473. The Morgan fingerprint density at radius 3 is 2.88 bits per heavy atom. The third-order valence-electron chi connectivity index (χ3n) is 2.36. The maximum Gasteiger partial charge on any atom is 0.0846 e. The fourth-order valence-electron chi connectivity index (χ4n) is 1.61. The summed E-state index contributed by atoms with van der Waals surface area (Å²) in [5.41, 5.74) is 3.05. The van der Waals surface area contributed by atoms with Crippen LogP contribution in [0.3, 0.4) is 0 Å². The van der Waals surface area contributed by atoms with Crippen LogP contribution in [0.5, 0.6) is 0 Å². The lowest BCUT2D eigenvalue weighted by Crippen LogP contribution is -2.06. The molecule has 5 nitrogen and oxygen atoms in total. The molecular formula is C10H14ClN5. The molecule has 0 aliphatic rings. The summed E-state index contributed by atoms with van der Waals surface area (Å²) in [5, 5.41) is 12.4. The first-order chi connectivity index (χ1) is 7.69. The monoisotopic (exact) mass is 239 g/mol. The fourth-order valence-corrected chi connectivity index (χ4v) is 1.80. The van der Waals surface area contributed by atoms with Crippen LogP contribution in [0.2, 0.25) is 0 Å². The maximum atomic E-state index is 5.64. The second-order valence-corrected chi connectivity index (χ2v) is 4.13. The molecule has 0 atom stereocenters. The molecule has 0 aliphatic heterocycles. The quantitative estimate of drug-likeness (QED) is 0.752. The zero-order valence-corrected chi connectivity index (χ0v) is 10.1. The van der Waals surface area contributed by atoms with Gasteiger partial charge in [0.25, 0.3) is 0 Å². The topological polar surface area (TPSA) is 48.5 Å². The average Bonchev–Trinajstić information content (AvgIpc) is 2.76. The van der Waals surface area contributed by atoms with Gasteiger partial charge in [0.05, 0.1) is 23.6 Å². The molecule has 0 aromatic carbocycles. The molecule has 0 N–H and O–H groups in total. The Morgan fingerprint density at radius 1 is 1.44 bits per heavy atom. The van der Waals surface area contributed by atoms with Crippen LogP contribution in [0, 0.1) is 6.92 Å². The minimum absolute atomic E-state index is 0.573. The summed E-state index contributed by atoms with van der Waals surface area (Å²) in [6.07, 6.45) is 2.68. The van der Waals surface area contributed by atoms with E-state index in [1.165, 1.54) is 0 Å². The summed E-state index contributed by atoms with van der Waals surface area (Å²) in [6, 6.07) is 2.04. The van der Waals surface area contributed by atoms with Gasteiger partial charge in [0.1, 0.15) is 0 Å².